The van der Waals surface area contributed by atoms with Crippen LogP contribution in [0.2, 0.25) is 0 Å². The highest BCUT2D eigenvalue weighted by atomic mass is 16.5. The Labute approximate surface area is 171 Å². The molecule has 0 fully saturated rings. The van der Waals surface area contributed by atoms with Crippen LogP contribution >= 0.6 is 0 Å². The summed E-state index contributed by atoms with van der Waals surface area (Å²) in [5.41, 5.74) is 4.83. The van der Waals surface area contributed by atoms with Crippen LogP contribution in [0.4, 0.5) is 11.4 Å². The van der Waals surface area contributed by atoms with Crippen LogP contribution in [-0.4, -0.2) is 31.1 Å². The smallest absolute Gasteiger partial charge is 0.259 e. The van der Waals surface area contributed by atoms with E-state index in [1.807, 2.05) is 47.4 Å². The Morgan fingerprint density at radius 2 is 1.97 bits per heavy atom. The minimum Gasteiger partial charge on any atom is -0.496 e. The Morgan fingerprint density at radius 3 is 2.86 bits per heavy atom. The molecular weight excluding hydrogens is 362 g/mol. The Kier molecular flexibility index (Phi) is 5.75. The summed E-state index contributed by atoms with van der Waals surface area (Å²) >= 11 is 0. The summed E-state index contributed by atoms with van der Waals surface area (Å²) in [5, 5.41) is 3.37. The van der Waals surface area contributed by atoms with Crippen LogP contribution in [0.25, 0.3) is 0 Å². The van der Waals surface area contributed by atoms with Gasteiger partial charge in [0.2, 0.25) is 0 Å². The van der Waals surface area contributed by atoms with Crippen molar-refractivity contribution < 1.29 is 9.53 Å². The molecule has 0 bridgehead atoms. The van der Waals surface area contributed by atoms with Crippen LogP contribution in [0.15, 0.2) is 67.0 Å². The first-order valence-corrected chi connectivity index (χ1v) is 9.97. The molecule has 0 unspecified atom stereocenters. The van der Waals surface area contributed by atoms with Crippen LogP contribution in [0, 0.1) is 0 Å². The van der Waals surface area contributed by atoms with E-state index in [2.05, 4.69) is 22.4 Å². The maximum Gasteiger partial charge on any atom is 0.259 e. The number of methoxy groups -OCH3 is 1. The maximum atomic E-state index is 13.1. The van der Waals surface area contributed by atoms with Crippen molar-refractivity contribution in [2.24, 2.45) is 0 Å². The second-order valence-corrected chi connectivity index (χ2v) is 7.14. The summed E-state index contributed by atoms with van der Waals surface area (Å²) in [4.78, 5) is 19.3. The van der Waals surface area contributed by atoms with Gasteiger partial charge in [0.15, 0.2) is 0 Å². The number of aromatic nitrogens is 1. The molecule has 5 nitrogen and oxygen atoms in total. The van der Waals surface area contributed by atoms with Gasteiger partial charge in [0.1, 0.15) is 5.75 Å². The molecule has 0 saturated carbocycles. The molecule has 0 spiro atoms. The molecule has 2 heterocycles. The average Bonchev–Trinajstić information content (AvgIpc) is 2.79. The number of amides is 1. The molecule has 1 aromatic heterocycles. The second-order valence-electron chi connectivity index (χ2n) is 7.14. The number of carbonyl (C=O) groups is 1. The molecule has 0 atom stereocenters. The van der Waals surface area contributed by atoms with Crippen molar-refractivity contribution in [2.75, 3.05) is 30.4 Å². The minimum absolute atomic E-state index is 0.00183. The number of nitrogens with one attached hydrogen (secondary N) is 1. The third kappa shape index (κ3) is 4.24. The van der Waals surface area contributed by atoms with Crippen LogP contribution in [0.3, 0.4) is 0 Å². The number of anilines is 2. The van der Waals surface area contributed by atoms with E-state index in [-0.39, 0.29) is 5.91 Å². The van der Waals surface area contributed by atoms with Gasteiger partial charge in [0.25, 0.3) is 5.91 Å². The third-order valence-electron chi connectivity index (χ3n) is 5.26. The first-order valence-electron chi connectivity index (χ1n) is 9.97. The number of pyridine rings is 1. The lowest BCUT2D eigenvalue weighted by molar-refractivity contribution is 0.0985. The van der Waals surface area contributed by atoms with E-state index < -0.39 is 0 Å². The molecule has 2 aromatic carbocycles. The zero-order valence-electron chi connectivity index (χ0n) is 16.6. The number of nitrogens with zero attached hydrogens (tertiary/aromatic N) is 2. The quantitative estimate of drug-likeness (QED) is 0.684. The molecule has 5 heteroatoms. The van der Waals surface area contributed by atoms with E-state index >= 15 is 0 Å². The number of para-hydroxylation sites is 2. The number of aryl methyl sites for hydroxylation is 1. The molecule has 4 rings (SSSR count). The molecule has 1 N–H and O–H groups in total. The summed E-state index contributed by atoms with van der Waals surface area (Å²) in [7, 11) is 1.68. The zero-order valence-corrected chi connectivity index (χ0v) is 16.6. The lowest BCUT2D eigenvalue weighted by atomic mass is 10.0. The number of rotatable bonds is 6. The van der Waals surface area contributed by atoms with Crippen LogP contribution in [0.5, 0.6) is 5.75 Å². The van der Waals surface area contributed by atoms with Gasteiger partial charge in [0.05, 0.1) is 18.4 Å². The number of hydrogen-bond donors (Lipinski definition) is 1. The molecule has 1 amide bonds. The largest absolute Gasteiger partial charge is 0.496 e. The number of benzene rings is 2. The molecule has 3 aromatic rings. The minimum atomic E-state index is -0.00183. The third-order valence-corrected chi connectivity index (χ3v) is 5.26. The molecule has 1 aliphatic rings. The molecule has 0 radical (unpaired) electrons. The summed E-state index contributed by atoms with van der Waals surface area (Å²) in [5.74, 6) is 0.887. The maximum absolute atomic E-state index is 13.1. The van der Waals surface area contributed by atoms with Crippen LogP contribution < -0.4 is 15.0 Å². The van der Waals surface area contributed by atoms with Gasteiger partial charge in [-0.05, 0) is 48.6 Å². The van der Waals surface area contributed by atoms with Gasteiger partial charge in [-0.25, -0.2) is 0 Å². The van der Waals surface area contributed by atoms with Gasteiger partial charge >= 0.3 is 0 Å². The van der Waals surface area contributed by atoms with E-state index in [1.165, 1.54) is 5.56 Å². The van der Waals surface area contributed by atoms with Gasteiger partial charge < -0.3 is 15.0 Å². The van der Waals surface area contributed by atoms with Crippen LogP contribution in [-0.2, 0) is 12.8 Å². The summed E-state index contributed by atoms with van der Waals surface area (Å²) in [6.07, 6.45) is 6.21. The highest BCUT2D eigenvalue weighted by molar-refractivity contribution is 6.07. The van der Waals surface area contributed by atoms with Gasteiger partial charge in [-0.1, -0.05) is 36.4 Å². The topological polar surface area (TPSA) is 54.5 Å². The summed E-state index contributed by atoms with van der Waals surface area (Å²) < 4.78 is 5.40. The SMILES string of the molecule is COc1ccccc1CCNc1cncc(C(=O)N2CCCc3ccccc32)c1. The molecule has 0 aliphatic carbocycles. The Morgan fingerprint density at radius 1 is 1.14 bits per heavy atom. The second kappa shape index (κ2) is 8.78. The Bertz CT molecular complexity index is 1000. The van der Waals surface area contributed by atoms with E-state index in [0.717, 1.165) is 55.0 Å². The van der Waals surface area contributed by atoms with E-state index in [9.17, 15) is 4.79 Å². The Hall–Kier alpha value is -3.34. The molecule has 1 aliphatic heterocycles. The molecule has 0 saturated heterocycles. The lowest BCUT2D eigenvalue weighted by Gasteiger charge is -2.29. The van der Waals surface area contributed by atoms with Crippen molar-refractivity contribution >= 4 is 17.3 Å². The molecule has 29 heavy (non-hydrogen) atoms. The van der Waals surface area contributed by atoms with E-state index in [4.69, 9.17) is 4.74 Å². The fourth-order valence-corrected chi connectivity index (χ4v) is 3.80. The monoisotopic (exact) mass is 387 g/mol. The van der Waals surface area contributed by atoms with E-state index in [1.54, 1.807) is 19.5 Å². The average molecular weight is 387 g/mol. The fourth-order valence-electron chi connectivity index (χ4n) is 3.80. The van der Waals surface area contributed by atoms with Crippen LogP contribution in [0.1, 0.15) is 27.9 Å². The van der Waals surface area contributed by atoms with Crippen molar-refractivity contribution in [2.45, 2.75) is 19.3 Å². The van der Waals surface area contributed by atoms with Gasteiger partial charge in [-0.3, -0.25) is 9.78 Å². The standard InChI is InChI=1S/C24H25N3O2/c1-29-23-11-5-3-8-19(23)12-13-26-21-15-20(16-25-17-21)24(28)27-14-6-9-18-7-2-4-10-22(18)27/h2-5,7-8,10-11,15-17,26H,6,9,12-14H2,1H3. The van der Waals surface area contributed by atoms with Gasteiger partial charge in [-0.15, -0.1) is 0 Å². The fraction of sp³-hybridized carbons (Fsp3) is 0.250. The summed E-state index contributed by atoms with van der Waals surface area (Å²) in [6.45, 7) is 1.47. The van der Waals surface area contributed by atoms with Crippen molar-refractivity contribution in [1.29, 1.82) is 0 Å². The highest BCUT2D eigenvalue weighted by Gasteiger charge is 2.23. The van der Waals surface area contributed by atoms with Gasteiger partial charge in [-0.2, -0.15) is 0 Å². The molecular formula is C24H25N3O2. The van der Waals surface area contributed by atoms with Gasteiger partial charge in [0, 0.05) is 31.2 Å². The Balaban J connectivity index is 1.44. The van der Waals surface area contributed by atoms with Crippen molar-refractivity contribution in [3.63, 3.8) is 0 Å². The number of carbonyl (C=O) groups excluding carboxylic acids is 1. The predicted octanol–water partition coefficient (Wildman–Crippen LogP) is 4.34. The van der Waals surface area contributed by atoms with Crippen molar-refractivity contribution in [3.05, 3.63) is 83.7 Å². The lowest BCUT2D eigenvalue weighted by Crippen LogP contribution is -2.35. The van der Waals surface area contributed by atoms with Crippen molar-refractivity contribution in [3.8, 4) is 5.75 Å². The number of hydrogen-bond acceptors (Lipinski definition) is 4. The summed E-state index contributed by atoms with van der Waals surface area (Å²) in [6, 6.07) is 18.0. The first-order chi connectivity index (χ1) is 14.3. The first kappa shape index (κ1) is 19.0. The van der Waals surface area contributed by atoms with Crippen molar-refractivity contribution in [1.82, 2.24) is 4.98 Å². The number of fused-ring (bicyclic) bond motifs is 1. The highest BCUT2D eigenvalue weighted by Crippen LogP contribution is 2.28. The number of ether oxygens (including phenoxy) is 1. The zero-order chi connectivity index (χ0) is 20.1. The normalized spacial score (nSPS) is 12.9. The molecule has 148 valence electrons. The van der Waals surface area contributed by atoms with E-state index in [0.29, 0.717) is 5.56 Å². The predicted molar refractivity (Wildman–Crippen MR) is 116 cm³/mol.